The van der Waals surface area contributed by atoms with Gasteiger partial charge in [-0.3, -0.25) is 4.79 Å². The summed E-state index contributed by atoms with van der Waals surface area (Å²) in [6.45, 7) is 10.1. The number of aliphatic hydroxyl groups is 1. The van der Waals surface area contributed by atoms with Gasteiger partial charge in [0.2, 0.25) is 0 Å². The third kappa shape index (κ3) is 35.2. The van der Waals surface area contributed by atoms with Crippen LogP contribution in [0.4, 0.5) is 0 Å². The van der Waals surface area contributed by atoms with Gasteiger partial charge < -0.3 is 14.7 Å². The largest absolute Gasteiger partial charge is 0.462 e. The third-order valence-corrected chi connectivity index (χ3v) is 11.5. The molecule has 6 heteroatoms. The molecule has 0 amide bonds. The Bertz CT molecular complexity index is 580. The van der Waals surface area contributed by atoms with Gasteiger partial charge in [-0.2, -0.15) is 0 Å². The average molecular weight is 674 g/mol. The number of hydrogen-bond acceptors (Lipinski definition) is 6. The molecule has 0 fully saturated rings. The number of esters is 1. The van der Waals surface area contributed by atoms with E-state index in [4.69, 9.17) is 4.74 Å². The topological polar surface area (TPSA) is 49.8 Å². The van der Waals surface area contributed by atoms with Gasteiger partial charge in [0, 0.05) is 24.5 Å². The van der Waals surface area contributed by atoms with Crippen LogP contribution in [0.15, 0.2) is 0 Å². The molecule has 0 aromatic rings. The lowest BCUT2D eigenvalue weighted by atomic mass is 10.0. The summed E-state index contributed by atoms with van der Waals surface area (Å²) in [5.41, 5.74) is 0. The summed E-state index contributed by atoms with van der Waals surface area (Å²) in [7, 11) is 4.14. The number of unbranched alkanes of at least 4 members (excludes halogenated alkanes) is 20. The van der Waals surface area contributed by atoms with E-state index >= 15 is 0 Å². The van der Waals surface area contributed by atoms with Crippen LogP contribution >= 0.6 is 21.6 Å². The number of hydrogen-bond donors (Lipinski definition) is 1. The summed E-state index contributed by atoms with van der Waals surface area (Å²) in [4.78, 5) is 15.1. The van der Waals surface area contributed by atoms with Gasteiger partial charge in [-0.25, -0.2) is 0 Å². The molecule has 270 valence electrons. The Morgan fingerprint density at radius 2 is 0.933 bits per heavy atom. The first kappa shape index (κ1) is 45.1. The highest BCUT2D eigenvalue weighted by molar-refractivity contribution is 8.76. The number of carbonyl (C=O) groups excluding carboxylic acids is 1. The van der Waals surface area contributed by atoms with Crippen molar-refractivity contribution < 1.29 is 14.6 Å². The van der Waals surface area contributed by atoms with E-state index in [2.05, 4.69) is 47.3 Å². The first-order chi connectivity index (χ1) is 22.2. The van der Waals surface area contributed by atoms with Crippen LogP contribution in [0.5, 0.6) is 0 Å². The Balaban J connectivity index is 3.90. The van der Waals surface area contributed by atoms with Crippen molar-refractivity contribution in [2.24, 2.45) is 0 Å². The molecule has 0 bridgehead atoms. The van der Waals surface area contributed by atoms with Crippen molar-refractivity contribution >= 4 is 27.6 Å². The van der Waals surface area contributed by atoms with Crippen molar-refractivity contribution in [2.45, 2.75) is 207 Å². The molecular formula is C39H79NO3S2. The standard InChI is InChI=1S/C39H79NO3S2/c1-4-7-10-13-17-23-30-38(29-22-16-11-8-5-2)43-39(42)31-24-18-14-19-25-32-40(34-35-41)33-26-20-15-21-28-37-45-44-36-27-12-9-6-3/h38,41H,4-37H2,1-3H3. The Labute approximate surface area is 290 Å². The molecule has 0 aromatic heterocycles. The smallest absolute Gasteiger partial charge is 0.306 e. The SMILES string of the molecule is CCCCCCCCC(CCCCCCC)OC(=O)CCCCCCCN(CCO)CCCCCCCSSCCCCCC. The number of ether oxygens (including phenoxy) is 1. The zero-order valence-corrected chi connectivity index (χ0v) is 32.3. The van der Waals surface area contributed by atoms with Crippen molar-refractivity contribution in [1.82, 2.24) is 4.90 Å². The lowest BCUT2D eigenvalue weighted by molar-refractivity contribution is -0.150. The van der Waals surface area contributed by atoms with Crippen LogP contribution in [0, 0.1) is 0 Å². The van der Waals surface area contributed by atoms with Gasteiger partial charge >= 0.3 is 5.97 Å². The monoisotopic (exact) mass is 674 g/mol. The molecule has 45 heavy (non-hydrogen) atoms. The second-order valence-corrected chi connectivity index (χ2v) is 16.1. The van der Waals surface area contributed by atoms with Crippen LogP contribution < -0.4 is 0 Å². The minimum atomic E-state index is 0.0316. The fourth-order valence-electron chi connectivity index (χ4n) is 5.98. The van der Waals surface area contributed by atoms with Crippen molar-refractivity contribution in [3.63, 3.8) is 0 Å². The highest BCUT2D eigenvalue weighted by Crippen LogP contribution is 2.24. The first-order valence-electron chi connectivity index (χ1n) is 19.9. The highest BCUT2D eigenvalue weighted by atomic mass is 33.1. The minimum Gasteiger partial charge on any atom is -0.462 e. The van der Waals surface area contributed by atoms with Crippen molar-refractivity contribution in [2.75, 3.05) is 37.7 Å². The molecule has 0 aliphatic carbocycles. The van der Waals surface area contributed by atoms with E-state index in [9.17, 15) is 9.90 Å². The van der Waals surface area contributed by atoms with Crippen LogP contribution in [0.2, 0.25) is 0 Å². The zero-order chi connectivity index (χ0) is 32.9. The molecule has 4 nitrogen and oxygen atoms in total. The maximum atomic E-state index is 12.6. The molecule has 0 aromatic carbocycles. The van der Waals surface area contributed by atoms with Crippen LogP contribution in [-0.2, 0) is 9.53 Å². The van der Waals surface area contributed by atoms with Crippen LogP contribution in [0.3, 0.4) is 0 Å². The molecule has 0 saturated carbocycles. The molecule has 1 unspecified atom stereocenters. The van der Waals surface area contributed by atoms with E-state index in [0.717, 1.165) is 45.3 Å². The van der Waals surface area contributed by atoms with Gasteiger partial charge in [-0.1, -0.05) is 158 Å². The normalized spacial score (nSPS) is 12.3. The molecule has 1 atom stereocenters. The van der Waals surface area contributed by atoms with E-state index in [-0.39, 0.29) is 18.7 Å². The van der Waals surface area contributed by atoms with E-state index in [0.29, 0.717) is 6.42 Å². The van der Waals surface area contributed by atoms with Crippen molar-refractivity contribution in [1.29, 1.82) is 0 Å². The lowest BCUT2D eigenvalue weighted by Gasteiger charge is -2.21. The van der Waals surface area contributed by atoms with Crippen molar-refractivity contribution in [3.05, 3.63) is 0 Å². The predicted octanol–water partition coefficient (Wildman–Crippen LogP) is 12.6. The molecule has 1 N–H and O–H groups in total. The number of rotatable bonds is 38. The Hall–Kier alpha value is 0.0900. The molecular weight excluding hydrogens is 595 g/mol. The second kappa shape index (κ2) is 38.5. The van der Waals surface area contributed by atoms with Crippen LogP contribution in [0.1, 0.15) is 201 Å². The quantitative estimate of drug-likeness (QED) is 0.0400. The molecule has 0 saturated heterocycles. The average Bonchev–Trinajstić information content (AvgIpc) is 3.04. The van der Waals surface area contributed by atoms with Gasteiger partial charge in [0.15, 0.2) is 0 Å². The summed E-state index contributed by atoms with van der Waals surface area (Å²) in [6.07, 6.45) is 34.7. The molecule has 0 spiro atoms. The molecule has 0 aliphatic rings. The molecule has 0 rings (SSSR count). The van der Waals surface area contributed by atoms with Crippen LogP contribution in [-0.4, -0.2) is 59.8 Å². The third-order valence-electron chi connectivity index (χ3n) is 8.95. The van der Waals surface area contributed by atoms with Gasteiger partial charge in [-0.05, 0) is 70.9 Å². The molecule has 0 heterocycles. The summed E-state index contributed by atoms with van der Waals surface area (Å²) >= 11 is 0. The van der Waals surface area contributed by atoms with Gasteiger partial charge in [0.1, 0.15) is 6.10 Å². The summed E-state index contributed by atoms with van der Waals surface area (Å²) in [5, 5.41) is 9.51. The Morgan fingerprint density at radius 1 is 0.533 bits per heavy atom. The van der Waals surface area contributed by atoms with Crippen molar-refractivity contribution in [3.8, 4) is 0 Å². The first-order valence-corrected chi connectivity index (χ1v) is 22.4. The number of carbonyl (C=O) groups is 1. The van der Waals surface area contributed by atoms with Gasteiger partial charge in [-0.15, -0.1) is 0 Å². The van der Waals surface area contributed by atoms with E-state index in [1.54, 1.807) is 0 Å². The number of aliphatic hydroxyl groups excluding tert-OH is 1. The molecule has 0 radical (unpaired) electrons. The maximum Gasteiger partial charge on any atom is 0.306 e. The van der Waals surface area contributed by atoms with E-state index in [1.807, 2.05) is 0 Å². The summed E-state index contributed by atoms with van der Waals surface area (Å²) in [5.74, 6) is 2.65. The van der Waals surface area contributed by atoms with Gasteiger partial charge in [0.25, 0.3) is 0 Å². The summed E-state index contributed by atoms with van der Waals surface area (Å²) < 4.78 is 6.00. The Morgan fingerprint density at radius 3 is 1.42 bits per heavy atom. The van der Waals surface area contributed by atoms with E-state index in [1.165, 1.54) is 159 Å². The lowest BCUT2D eigenvalue weighted by Crippen LogP contribution is -2.29. The fraction of sp³-hybridized carbons (Fsp3) is 0.974. The van der Waals surface area contributed by atoms with Gasteiger partial charge in [0.05, 0.1) is 6.61 Å². The summed E-state index contributed by atoms with van der Waals surface area (Å²) in [6, 6.07) is 0. The minimum absolute atomic E-state index is 0.0316. The number of nitrogens with zero attached hydrogens (tertiary/aromatic N) is 1. The molecule has 0 aliphatic heterocycles. The fourth-order valence-corrected chi connectivity index (χ4v) is 8.27. The zero-order valence-electron chi connectivity index (χ0n) is 30.6. The second-order valence-electron chi connectivity index (χ2n) is 13.4. The highest BCUT2D eigenvalue weighted by Gasteiger charge is 2.14. The van der Waals surface area contributed by atoms with E-state index < -0.39 is 0 Å². The Kier molecular flexibility index (Phi) is 38.6. The predicted molar refractivity (Wildman–Crippen MR) is 205 cm³/mol. The van der Waals surface area contributed by atoms with Crippen LogP contribution in [0.25, 0.3) is 0 Å². The maximum absolute atomic E-state index is 12.6.